The smallest absolute Gasteiger partial charge is 0.306 e. The Hall–Kier alpha value is -3.43. The molecule has 0 unspecified atom stereocenters. The van der Waals surface area contributed by atoms with E-state index in [0.717, 1.165) is 61.9 Å². The van der Waals surface area contributed by atoms with Crippen LogP contribution in [-0.2, 0) is 4.79 Å². The number of piperazine rings is 1. The molecule has 3 aromatic rings. The van der Waals surface area contributed by atoms with Gasteiger partial charge in [0.15, 0.2) is 17.0 Å². The van der Waals surface area contributed by atoms with Gasteiger partial charge >= 0.3 is 5.97 Å². The van der Waals surface area contributed by atoms with Crippen molar-refractivity contribution in [1.29, 1.82) is 0 Å². The summed E-state index contributed by atoms with van der Waals surface area (Å²) in [6.45, 7) is 3.31. The number of aliphatic carboxylic acids is 1. The molecule has 0 bridgehead atoms. The van der Waals surface area contributed by atoms with Gasteiger partial charge in [-0.1, -0.05) is 17.3 Å². The zero-order valence-corrected chi connectivity index (χ0v) is 18.1. The number of carboxylic acid groups (broad SMARTS) is 1. The van der Waals surface area contributed by atoms with Crippen LogP contribution in [0.15, 0.2) is 30.6 Å². The molecule has 0 radical (unpaired) electrons. The topological polar surface area (TPSA) is 110 Å². The van der Waals surface area contributed by atoms with Crippen molar-refractivity contribution in [3.63, 3.8) is 0 Å². The number of benzene rings is 1. The van der Waals surface area contributed by atoms with Crippen LogP contribution in [0.5, 0.6) is 5.75 Å². The van der Waals surface area contributed by atoms with Gasteiger partial charge in [-0.05, 0) is 37.8 Å². The quantitative estimate of drug-likeness (QED) is 0.643. The number of carboxylic acids is 1. The van der Waals surface area contributed by atoms with Crippen molar-refractivity contribution in [1.82, 2.24) is 25.0 Å². The van der Waals surface area contributed by atoms with Gasteiger partial charge in [0.1, 0.15) is 12.1 Å². The van der Waals surface area contributed by atoms with Crippen LogP contribution in [0, 0.1) is 5.92 Å². The van der Waals surface area contributed by atoms with E-state index >= 15 is 0 Å². The van der Waals surface area contributed by atoms with Crippen LogP contribution in [0.3, 0.4) is 0 Å². The molecule has 1 saturated carbocycles. The highest BCUT2D eigenvalue weighted by atomic mass is 16.5. The highest BCUT2D eigenvalue weighted by Gasteiger charge is 2.30. The summed E-state index contributed by atoms with van der Waals surface area (Å²) in [6.07, 6.45) is 4.43. The van der Waals surface area contributed by atoms with Gasteiger partial charge in [-0.25, -0.2) is 14.6 Å². The molecule has 168 valence electrons. The average molecular weight is 438 g/mol. The zero-order valence-electron chi connectivity index (χ0n) is 18.1. The first-order valence-corrected chi connectivity index (χ1v) is 11.1. The molecule has 10 nitrogen and oxygen atoms in total. The number of hydrogen-bond acceptors (Lipinski definition) is 8. The number of carbonyl (C=O) groups is 1. The molecule has 10 heteroatoms. The second-order valence-electron chi connectivity index (χ2n) is 8.39. The van der Waals surface area contributed by atoms with Crippen molar-refractivity contribution in [3.05, 3.63) is 30.6 Å². The predicted octanol–water partition coefficient (Wildman–Crippen LogP) is 2.37. The van der Waals surface area contributed by atoms with Crippen molar-refractivity contribution in [3.8, 4) is 5.75 Å². The van der Waals surface area contributed by atoms with Crippen molar-refractivity contribution in [2.45, 2.75) is 31.7 Å². The van der Waals surface area contributed by atoms with Gasteiger partial charge < -0.3 is 19.6 Å². The highest BCUT2D eigenvalue weighted by molar-refractivity contribution is 5.83. The van der Waals surface area contributed by atoms with E-state index in [9.17, 15) is 9.90 Å². The van der Waals surface area contributed by atoms with Gasteiger partial charge in [-0.15, -0.1) is 5.10 Å². The maximum Gasteiger partial charge on any atom is 0.306 e. The molecule has 1 aliphatic carbocycles. The first-order valence-electron chi connectivity index (χ1n) is 11.1. The van der Waals surface area contributed by atoms with Gasteiger partial charge in [0, 0.05) is 26.2 Å². The lowest BCUT2D eigenvalue weighted by atomic mass is 9.86. The van der Waals surface area contributed by atoms with E-state index in [2.05, 4.69) is 36.1 Å². The van der Waals surface area contributed by atoms with E-state index < -0.39 is 5.97 Å². The van der Waals surface area contributed by atoms with Gasteiger partial charge in [0.2, 0.25) is 0 Å². The minimum Gasteiger partial charge on any atom is -0.495 e. The number of methoxy groups -OCH3 is 1. The molecule has 0 amide bonds. The Morgan fingerprint density at radius 3 is 2.47 bits per heavy atom. The van der Waals surface area contributed by atoms with Gasteiger partial charge in [-0.2, -0.15) is 0 Å². The Bertz CT molecular complexity index is 1100. The molecule has 1 aromatic carbocycles. The van der Waals surface area contributed by atoms with Crippen LogP contribution in [0.25, 0.3) is 11.2 Å². The second kappa shape index (κ2) is 8.60. The third-order valence-electron chi connectivity index (χ3n) is 6.64. The lowest BCUT2D eigenvalue weighted by Crippen LogP contribution is -2.47. The molecular formula is C22H27N7O3. The second-order valence-corrected chi connectivity index (χ2v) is 8.39. The highest BCUT2D eigenvalue weighted by Crippen LogP contribution is 2.34. The minimum atomic E-state index is -0.705. The molecule has 0 spiro atoms. The van der Waals surface area contributed by atoms with Crippen LogP contribution in [-0.4, -0.2) is 69.3 Å². The van der Waals surface area contributed by atoms with Crippen molar-refractivity contribution < 1.29 is 14.6 Å². The number of rotatable bonds is 5. The Balaban J connectivity index is 1.32. The first-order chi connectivity index (χ1) is 15.7. The summed E-state index contributed by atoms with van der Waals surface area (Å²) in [7, 11) is 1.70. The average Bonchev–Trinajstić information content (AvgIpc) is 3.28. The summed E-state index contributed by atoms with van der Waals surface area (Å²) in [5.41, 5.74) is 2.53. The maximum absolute atomic E-state index is 11.3. The molecule has 1 saturated heterocycles. The fourth-order valence-corrected chi connectivity index (χ4v) is 4.85. The van der Waals surface area contributed by atoms with Gasteiger partial charge in [0.25, 0.3) is 0 Å². The third kappa shape index (κ3) is 3.69. The standard InChI is InChI=1S/C22H27N7O3/c1-32-18-5-3-2-4-17(18)27-10-12-28(13-11-27)20-19-21(24-14-23-20)29(26-25-19)16-8-6-15(7-9-16)22(30)31/h2-5,14-16H,6-13H2,1H3,(H,30,31). The number of para-hydroxylation sites is 2. The number of aromatic nitrogens is 5. The van der Waals surface area contributed by atoms with E-state index in [0.29, 0.717) is 18.4 Å². The number of nitrogens with zero attached hydrogens (tertiary/aromatic N) is 7. The largest absolute Gasteiger partial charge is 0.495 e. The van der Waals surface area contributed by atoms with E-state index in [-0.39, 0.29) is 12.0 Å². The lowest BCUT2D eigenvalue weighted by molar-refractivity contribution is -0.143. The van der Waals surface area contributed by atoms with E-state index in [4.69, 9.17) is 4.74 Å². The van der Waals surface area contributed by atoms with Crippen LogP contribution < -0.4 is 14.5 Å². The molecule has 3 heterocycles. The zero-order chi connectivity index (χ0) is 22.1. The summed E-state index contributed by atoms with van der Waals surface area (Å²) < 4.78 is 7.38. The molecule has 2 aliphatic rings. The number of fused-ring (bicyclic) bond motifs is 1. The fourth-order valence-electron chi connectivity index (χ4n) is 4.85. The van der Waals surface area contributed by atoms with E-state index in [1.54, 1.807) is 13.4 Å². The molecule has 1 N–H and O–H groups in total. The molecule has 2 aromatic heterocycles. The van der Waals surface area contributed by atoms with Crippen molar-refractivity contribution in [2.75, 3.05) is 43.1 Å². The van der Waals surface area contributed by atoms with Crippen LogP contribution in [0.1, 0.15) is 31.7 Å². The monoisotopic (exact) mass is 437 g/mol. The predicted molar refractivity (Wildman–Crippen MR) is 119 cm³/mol. The van der Waals surface area contributed by atoms with Crippen molar-refractivity contribution in [2.24, 2.45) is 5.92 Å². The molecule has 32 heavy (non-hydrogen) atoms. The summed E-state index contributed by atoms with van der Waals surface area (Å²) in [5.74, 6) is 0.723. The normalized spacial score (nSPS) is 21.7. The Kier molecular flexibility index (Phi) is 5.50. The third-order valence-corrected chi connectivity index (χ3v) is 6.64. The molecule has 0 atom stereocenters. The maximum atomic E-state index is 11.3. The summed E-state index contributed by atoms with van der Waals surface area (Å²) in [5, 5.41) is 18.1. The SMILES string of the molecule is COc1ccccc1N1CCN(c2ncnc3c2nnn3C2CCC(C(=O)O)CC2)CC1. The van der Waals surface area contributed by atoms with Crippen LogP contribution in [0.2, 0.25) is 0 Å². The number of anilines is 2. The first kappa shape index (κ1) is 20.5. The minimum absolute atomic E-state index is 0.126. The number of ether oxygens (including phenoxy) is 1. The summed E-state index contributed by atoms with van der Waals surface area (Å²) in [4.78, 5) is 24.8. The molecule has 5 rings (SSSR count). The van der Waals surface area contributed by atoms with E-state index in [1.807, 2.05) is 22.9 Å². The van der Waals surface area contributed by atoms with Gasteiger partial charge in [-0.3, -0.25) is 4.79 Å². The van der Waals surface area contributed by atoms with E-state index in [1.165, 1.54) is 0 Å². The molecule has 2 fully saturated rings. The molecular weight excluding hydrogens is 410 g/mol. The Morgan fingerprint density at radius 1 is 1.03 bits per heavy atom. The Morgan fingerprint density at radius 2 is 1.75 bits per heavy atom. The van der Waals surface area contributed by atoms with Gasteiger partial charge in [0.05, 0.1) is 24.8 Å². The van der Waals surface area contributed by atoms with Crippen LogP contribution in [0.4, 0.5) is 11.5 Å². The summed E-state index contributed by atoms with van der Waals surface area (Å²) >= 11 is 0. The Labute approximate surface area is 185 Å². The lowest BCUT2D eigenvalue weighted by Gasteiger charge is -2.37. The summed E-state index contributed by atoms with van der Waals surface area (Å²) in [6, 6.07) is 8.20. The fraction of sp³-hybridized carbons (Fsp3) is 0.500. The molecule has 1 aliphatic heterocycles. The van der Waals surface area contributed by atoms with Crippen molar-refractivity contribution >= 4 is 28.6 Å². The van der Waals surface area contributed by atoms with Crippen LogP contribution >= 0.6 is 0 Å². The number of hydrogen-bond donors (Lipinski definition) is 1.